The monoisotopic (exact) mass is 355 g/mol. The van der Waals surface area contributed by atoms with E-state index in [4.69, 9.17) is 14.2 Å². The largest absolute Gasteiger partial charge is 0.489 e. The first-order valence-corrected chi connectivity index (χ1v) is 8.99. The summed E-state index contributed by atoms with van der Waals surface area (Å²) in [6, 6.07) is 15.0. The first-order chi connectivity index (χ1) is 12.6. The number of rotatable bonds is 7. The van der Waals surface area contributed by atoms with Crippen LogP contribution in [0.4, 0.5) is 5.69 Å². The molecule has 0 aromatic heterocycles. The number of hydrogen-bond acceptors (Lipinski definition) is 4. The molecule has 0 spiro atoms. The van der Waals surface area contributed by atoms with Gasteiger partial charge in [-0.05, 0) is 56.5 Å². The molecule has 1 fully saturated rings. The molecule has 2 unspecified atom stereocenters. The molecule has 1 amide bonds. The standard InChI is InChI=1S/C21H25NO4/c1-15-7-5-8-17(13-15)26-16(2)21(23)22-19-10-3-4-11-20(19)25-14-18-9-6-12-24-18/h3-5,7-8,10-11,13,16,18H,6,9,12,14H2,1-2H3,(H,22,23). The second-order valence-electron chi connectivity index (χ2n) is 6.51. The van der Waals surface area contributed by atoms with Crippen molar-refractivity contribution in [1.82, 2.24) is 0 Å². The number of benzene rings is 2. The van der Waals surface area contributed by atoms with Crippen molar-refractivity contribution in [3.05, 3.63) is 54.1 Å². The van der Waals surface area contributed by atoms with E-state index in [9.17, 15) is 4.79 Å². The van der Waals surface area contributed by atoms with E-state index >= 15 is 0 Å². The summed E-state index contributed by atoms with van der Waals surface area (Å²) in [5.74, 6) is 1.09. The third-order valence-electron chi connectivity index (χ3n) is 4.27. The lowest BCUT2D eigenvalue weighted by Gasteiger charge is -2.18. The maximum atomic E-state index is 12.5. The summed E-state index contributed by atoms with van der Waals surface area (Å²) in [5.41, 5.74) is 1.72. The van der Waals surface area contributed by atoms with Gasteiger partial charge in [-0.1, -0.05) is 24.3 Å². The lowest BCUT2D eigenvalue weighted by molar-refractivity contribution is -0.122. The molecule has 2 aromatic carbocycles. The Morgan fingerprint density at radius 3 is 2.88 bits per heavy atom. The summed E-state index contributed by atoms with van der Waals surface area (Å²) >= 11 is 0. The van der Waals surface area contributed by atoms with Gasteiger partial charge in [-0.15, -0.1) is 0 Å². The van der Waals surface area contributed by atoms with Crippen molar-refractivity contribution >= 4 is 11.6 Å². The first kappa shape index (κ1) is 18.3. The molecule has 1 aliphatic heterocycles. The predicted molar refractivity (Wildman–Crippen MR) is 101 cm³/mol. The number of hydrogen-bond donors (Lipinski definition) is 1. The molecule has 138 valence electrons. The summed E-state index contributed by atoms with van der Waals surface area (Å²) in [5, 5.41) is 2.89. The van der Waals surface area contributed by atoms with Gasteiger partial charge in [0.2, 0.25) is 0 Å². The minimum atomic E-state index is -0.622. The quantitative estimate of drug-likeness (QED) is 0.817. The molecule has 0 aliphatic carbocycles. The van der Waals surface area contributed by atoms with E-state index in [1.807, 2.05) is 55.5 Å². The van der Waals surface area contributed by atoms with Crippen LogP contribution < -0.4 is 14.8 Å². The zero-order chi connectivity index (χ0) is 18.4. The zero-order valence-corrected chi connectivity index (χ0v) is 15.2. The molecule has 2 atom stereocenters. The number of carbonyl (C=O) groups is 1. The van der Waals surface area contributed by atoms with Crippen LogP contribution in [-0.2, 0) is 9.53 Å². The van der Waals surface area contributed by atoms with Gasteiger partial charge < -0.3 is 19.5 Å². The smallest absolute Gasteiger partial charge is 0.265 e. The molecule has 1 aliphatic rings. The van der Waals surface area contributed by atoms with Crippen molar-refractivity contribution < 1.29 is 19.0 Å². The molecule has 1 N–H and O–H groups in total. The molecule has 0 saturated carbocycles. The van der Waals surface area contributed by atoms with Crippen molar-refractivity contribution in [2.75, 3.05) is 18.5 Å². The van der Waals surface area contributed by atoms with Crippen molar-refractivity contribution in [3.63, 3.8) is 0 Å². The minimum absolute atomic E-state index is 0.127. The lowest BCUT2D eigenvalue weighted by Crippen LogP contribution is -2.30. The van der Waals surface area contributed by atoms with Gasteiger partial charge in [0.15, 0.2) is 6.10 Å². The third-order valence-corrected chi connectivity index (χ3v) is 4.27. The fourth-order valence-corrected chi connectivity index (χ4v) is 2.83. The van der Waals surface area contributed by atoms with E-state index < -0.39 is 6.10 Å². The normalized spacial score (nSPS) is 17.5. The summed E-state index contributed by atoms with van der Waals surface area (Å²) in [6.07, 6.45) is 1.58. The summed E-state index contributed by atoms with van der Waals surface area (Å²) in [4.78, 5) is 12.5. The number of para-hydroxylation sites is 2. The number of nitrogens with one attached hydrogen (secondary N) is 1. The SMILES string of the molecule is Cc1cccc(OC(C)C(=O)Nc2ccccc2OCC2CCCO2)c1. The highest BCUT2D eigenvalue weighted by Gasteiger charge is 2.19. The van der Waals surface area contributed by atoms with E-state index in [-0.39, 0.29) is 12.0 Å². The summed E-state index contributed by atoms with van der Waals surface area (Å²) in [7, 11) is 0. The molecular weight excluding hydrogens is 330 g/mol. The van der Waals surface area contributed by atoms with Crippen molar-refractivity contribution in [2.45, 2.75) is 38.9 Å². The Balaban J connectivity index is 1.59. The Bertz CT molecular complexity index is 740. The van der Waals surface area contributed by atoms with E-state index in [2.05, 4.69) is 5.32 Å². The van der Waals surface area contributed by atoms with Crippen LogP contribution in [0.3, 0.4) is 0 Å². The highest BCUT2D eigenvalue weighted by atomic mass is 16.5. The van der Waals surface area contributed by atoms with Gasteiger partial charge in [0.05, 0.1) is 11.8 Å². The van der Waals surface area contributed by atoms with Crippen molar-refractivity contribution in [1.29, 1.82) is 0 Å². The number of carbonyl (C=O) groups excluding carboxylic acids is 1. The number of aryl methyl sites for hydroxylation is 1. The summed E-state index contributed by atoms with van der Waals surface area (Å²) in [6.45, 7) is 5.00. The van der Waals surface area contributed by atoms with Gasteiger partial charge in [0.25, 0.3) is 5.91 Å². The molecule has 2 aromatic rings. The van der Waals surface area contributed by atoms with Gasteiger partial charge in [-0.3, -0.25) is 4.79 Å². The Labute approximate surface area is 154 Å². The average molecular weight is 355 g/mol. The number of amides is 1. The second-order valence-corrected chi connectivity index (χ2v) is 6.51. The Hall–Kier alpha value is -2.53. The first-order valence-electron chi connectivity index (χ1n) is 8.99. The van der Waals surface area contributed by atoms with Crippen LogP contribution in [0.5, 0.6) is 11.5 Å². The maximum absolute atomic E-state index is 12.5. The van der Waals surface area contributed by atoms with Crippen LogP contribution in [-0.4, -0.2) is 31.3 Å². The molecule has 26 heavy (non-hydrogen) atoms. The topological polar surface area (TPSA) is 56.8 Å². The van der Waals surface area contributed by atoms with Crippen LogP contribution in [0.25, 0.3) is 0 Å². The van der Waals surface area contributed by atoms with Gasteiger partial charge in [-0.2, -0.15) is 0 Å². The fourth-order valence-electron chi connectivity index (χ4n) is 2.83. The van der Waals surface area contributed by atoms with Gasteiger partial charge in [0.1, 0.15) is 18.1 Å². The second kappa shape index (κ2) is 8.72. The van der Waals surface area contributed by atoms with E-state index in [1.165, 1.54) is 0 Å². The molecular formula is C21H25NO4. The third kappa shape index (κ3) is 4.99. The summed E-state index contributed by atoms with van der Waals surface area (Å²) < 4.78 is 17.2. The number of anilines is 1. The average Bonchev–Trinajstić information content (AvgIpc) is 3.14. The van der Waals surface area contributed by atoms with Crippen molar-refractivity contribution in [2.24, 2.45) is 0 Å². The van der Waals surface area contributed by atoms with Crippen LogP contribution in [0.15, 0.2) is 48.5 Å². The highest BCUT2D eigenvalue weighted by Crippen LogP contribution is 2.25. The van der Waals surface area contributed by atoms with Crippen molar-refractivity contribution in [3.8, 4) is 11.5 Å². The molecule has 0 radical (unpaired) electrons. The van der Waals surface area contributed by atoms with Gasteiger partial charge in [0, 0.05) is 6.61 Å². The highest BCUT2D eigenvalue weighted by molar-refractivity contribution is 5.95. The van der Waals surface area contributed by atoms with Crippen LogP contribution in [0, 0.1) is 6.92 Å². The van der Waals surface area contributed by atoms with E-state index in [0.717, 1.165) is 25.0 Å². The zero-order valence-electron chi connectivity index (χ0n) is 15.2. The minimum Gasteiger partial charge on any atom is -0.489 e. The van der Waals surface area contributed by atoms with E-state index in [1.54, 1.807) is 6.92 Å². The van der Waals surface area contributed by atoms with Crippen LogP contribution >= 0.6 is 0 Å². The molecule has 5 heteroatoms. The molecule has 0 bridgehead atoms. The van der Waals surface area contributed by atoms with Crippen LogP contribution in [0.1, 0.15) is 25.3 Å². The molecule has 5 nitrogen and oxygen atoms in total. The number of ether oxygens (including phenoxy) is 3. The molecule has 3 rings (SSSR count). The molecule has 1 heterocycles. The van der Waals surface area contributed by atoms with E-state index in [0.29, 0.717) is 23.8 Å². The Morgan fingerprint density at radius 2 is 2.12 bits per heavy atom. The van der Waals surface area contributed by atoms with Gasteiger partial charge in [-0.25, -0.2) is 0 Å². The van der Waals surface area contributed by atoms with Crippen LogP contribution in [0.2, 0.25) is 0 Å². The molecule has 1 saturated heterocycles. The lowest BCUT2D eigenvalue weighted by atomic mass is 10.2. The fraction of sp³-hybridized carbons (Fsp3) is 0.381. The maximum Gasteiger partial charge on any atom is 0.265 e. The predicted octanol–water partition coefficient (Wildman–Crippen LogP) is 3.96. The Morgan fingerprint density at radius 1 is 1.27 bits per heavy atom. The van der Waals surface area contributed by atoms with Gasteiger partial charge >= 0.3 is 0 Å². The Kier molecular flexibility index (Phi) is 6.12.